The van der Waals surface area contributed by atoms with Crippen LogP contribution >= 0.6 is 0 Å². The Morgan fingerprint density at radius 2 is 2.24 bits per heavy atom. The van der Waals surface area contributed by atoms with Crippen molar-refractivity contribution in [1.82, 2.24) is 15.5 Å². The van der Waals surface area contributed by atoms with Gasteiger partial charge in [0, 0.05) is 24.6 Å². The van der Waals surface area contributed by atoms with Gasteiger partial charge in [-0.25, -0.2) is 0 Å². The minimum absolute atomic E-state index is 0.0381. The van der Waals surface area contributed by atoms with E-state index in [1.807, 2.05) is 20.8 Å². The lowest BCUT2D eigenvalue weighted by atomic mass is 9.89. The highest BCUT2D eigenvalue weighted by atomic mass is 16.5. The molecule has 0 bridgehead atoms. The summed E-state index contributed by atoms with van der Waals surface area (Å²) in [5.74, 6) is -0.0891. The summed E-state index contributed by atoms with van der Waals surface area (Å²) in [7, 11) is 0. The third-order valence-corrected chi connectivity index (χ3v) is 4.28. The molecule has 2 atom stereocenters. The van der Waals surface area contributed by atoms with Gasteiger partial charge < -0.3 is 14.8 Å². The van der Waals surface area contributed by atoms with Crippen molar-refractivity contribution in [2.75, 3.05) is 6.61 Å². The number of aromatic nitrogens is 2. The van der Waals surface area contributed by atoms with Gasteiger partial charge in [0.05, 0.1) is 24.0 Å². The van der Waals surface area contributed by atoms with Gasteiger partial charge >= 0.3 is 0 Å². The van der Waals surface area contributed by atoms with Gasteiger partial charge in [0.25, 0.3) is 5.91 Å². The number of carbonyl (C=O) groups excluding carboxylic acids is 1. The lowest BCUT2D eigenvalue weighted by molar-refractivity contribution is -0.00895. The molecule has 1 aliphatic carbocycles. The van der Waals surface area contributed by atoms with Crippen LogP contribution in [0.3, 0.4) is 0 Å². The van der Waals surface area contributed by atoms with Crippen LogP contribution in [0.1, 0.15) is 61.5 Å². The highest BCUT2D eigenvalue weighted by Gasteiger charge is 2.34. The van der Waals surface area contributed by atoms with Crippen molar-refractivity contribution in [2.24, 2.45) is 0 Å². The van der Waals surface area contributed by atoms with Crippen LogP contribution in [-0.4, -0.2) is 41.0 Å². The van der Waals surface area contributed by atoms with E-state index in [-0.39, 0.29) is 24.2 Å². The molecule has 0 spiro atoms. The molecule has 0 saturated heterocycles. The molecule has 6 heteroatoms. The van der Waals surface area contributed by atoms with E-state index in [0.29, 0.717) is 11.8 Å². The Balaban J connectivity index is 1.64. The van der Waals surface area contributed by atoms with E-state index in [0.717, 1.165) is 37.1 Å². The van der Waals surface area contributed by atoms with E-state index in [4.69, 9.17) is 9.47 Å². The summed E-state index contributed by atoms with van der Waals surface area (Å²) in [5.41, 5.74) is 2.45. The zero-order valence-corrected chi connectivity index (χ0v) is 12.8. The molecule has 2 heterocycles. The summed E-state index contributed by atoms with van der Waals surface area (Å²) < 4.78 is 11.2. The molecule has 2 N–H and O–H groups in total. The number of carbonyl (C=O) groups is 1. The fourth-order valence-corrected chi connectivity index (χ4v) is 3.17. The Morgan fingerprint density at radius 3 is 2.95 bits per heavy atom. The first kappa shape index (κ1) is 14.5. The van der Waals surface area contributed by atoms with Gasteiger partial charge in [-0.05, 0) is 33.6 Å². The van der Waals surface area contributed by atoms with Gasteiger partial charge in [-0.3, -0.25) is 9.89 Å². The quantitative estimate of drug-likeness (QED) is 0.886. The Bertz CT molecular complexity index is 522. The zero-order valence-electron chi connectivity index (χ0n) is 12.8. The number of amides is 1. The maximum atomic E-state index is 12.4. The number of nitrogens with zero attached hydrogens (tertiary/aromatic N) is 1. The van der Waals surface area contributed by atoms with Crippen molar-refractivity contribution < 1.29 is 14.3 Å². The number of hydrogen-bond donors (Lipinski definition) is 2. The van der Waals surface area contributed by atoms with Gasteiger partial charge in [0.15, 0.2) is 5.69 Å². The highest BCUT2D eigenvalue weighted by Crippen LogP contribution is 2.30. The van der Waals surface area contributed by atoms with E-state index in [9.17, 15) is 4.79 Å². The average molecular weight is 293 g/mol. The molecular formula is C15H23N3O3. The van der Waals surface area contributed by atoms with Crippen molar-refractivity contribution in [2.45, 2.75) is 64.4 Å². The Kier molecular flexibility index (Phi) is 3.99. The first-order valence-electron chi connectivity index (χ1n) is 7.73. The molecule has 1 aromatic rings. The fraction of sp³-hybridized carbons (Fsp3) is 0.733. The van der Waals surface area contributed by atoms with Crippen molar-refractivity contribution in [1.29, 1.82) is 0 Å². The van der Waals surface area contributed by atoms with Gasteiger partial charge in [0.1, 0.15) is 0 Å². The Hall–Kier alpha value is -1.40. The summed E-state index contributed by atoms with van der Waals surface area (Å²) in [5, 5.41) is 10.2. The maximum Gasteiger partial charge on any atom is 0.272 e. The molecule has 116 valence electrons. The van der Waals surface area contributed by atoms with E-state index in [1.54, 1.807) is 0 Å². The molecule has 1 saturated carbocycles. The SMILES string of the molecule is CCOC1CC(NC(=O)c2n[nH]c3c2C[C@H](C)O[C@@H]3C)C1. The van der Waals surface area contributed by atoms with E-state index < -0.39 is 0 Å². The molecule has 1 aromatic heterocycles. The fourth-order valence-electron chi connectivity index (χ4n) is 3.17. The zero-order chi connectivity index (χ0) is 15.0. The van der Waals surface area contributed by atoms with Crippen molar-refractivity contribution in [3.05, 3.63) is 17.0 Å². The largest absolute Gasteiger partial charge is 0.378 e. The van der Waals surface area contributed by atoms with Crippen LogP contribution in [0, 0.1) is 0 Å². The normalized spacial score (nSPS) is 31.4. The van der Waals surface area contributed by atoms with Gasteiger partial charge in [-0.15, -0.1) is 0 Å². The van der Waals surface area contributed by atoms with Crippen LogP contribution in [0.25, 0.3) is 0 Å². The summed E-state index contributed by atoms with van der Waals surface area (Å²) in [6.07, 6.45) is 2.88. The summed E-state index contributed by atoms with van der Waals surface area (Å²) in [6, 6.07) is 0.205. The van der Waals surface area contributed by atoms with Crippen molar-refractivity contribution in [3.63, 3.8) is 0 Å². The molecule has 1 aliphatic heterocycles. The van der Waals surface area contributed by atoms with Gasteiger partial charge in [0.2, 0.25) is 0 Å². The second-order valence-corrected chi connectivity index (χ2v) is 5.98. The third-order valence-electron chi connectivity index (χ3n) is 4.28. The number of fused-ring (bicyclic) bond motifs is 1. The molecule has 6 nitrogen and oxygen atoms in total. The topological polar surface area (TPSA) is 76.2 Å². The summed E-state index contributed by atoms with van der Waals surface area (Å²) in [6.45, 7) is 6.72. The molecule has 1 amide bonds. The van der Waals surface area contributed by atoms with Crippen LogP contribution in [0.4, 0.5) is 0 Å². The molecule has 1 fully saturated rings. The number of H-pyrrole nitrogens is 1. The Morgan fingerprint density at radius 1 is 1.48 bits per heavy atom. The number of aromatic amines is 1. The summed E-state index contributed by atoms with van der Waals surface area (Å²) >= 11 is 0. The minimum Gasteiger partial charge on any atom is -0.378 e. The standard InChI is InChI=1S/C15H23N3O3/c1-4-20-11-6-10(7-11)16-15(19)14-12-5-8(2)21-9(3)13(12)17-18-14/h8-11H,4-7H2,1-3H3,(H,16,19)(H,17,18)/t8-,9+,10?,11?/m0/s1. The van der Waals surface area contributed by atoms with Crippen LogP contribution in [0.15, 0.2) is 0 Å². The van der Waals surface area contributed by atoms with Gasteiger partial charge in [-0.1, -0.05) is 0 Å². The monoisotopic (exact) mass is 293 g/mol. The average Bonchev–Trinajstić information content (AvgIpc) is 2.80. The number of nitrogens with one attached hydrogen (secondary N) is 2. The maximum absolute atomic E-state index is 12.4. The molecular weight excluding hydrogens is 270 g/mol. The van der Waals surface area contributed by atoms with Crippen LogP contribution in [-0.2, 0) is 15.9 Å². The van der Waals surface area contributed by atoms with E-state index in [2.05, 4.69) is 15.5 Å². The molecule has 3 rings (SSSR count). The van der Waals surface area contributed by atoms with Crippen LogP contribution in [0.5, 0.6) is 0 Å². The lowest BCUT2D eigenvalue weighted by Crippen LogP contribution is -2.48. The van der Waals surface area contributed by atoms with Gasteiger partial charge in [-0.2, -0.15) is 5.10 Å². The van der Waals surface area contributed by atoms with Crippen molar-refractivity contribution in [3.8, 4) is 0 Å². The summed E-state index contributed by atoms with van der Waals surface area (Å²) in [4.78, 5) is 12.4. The first-order valence-corrected chi connectivity index (χ1v) is 7.73. The van der Waals surface area contributed by atoms with Crippen molar-refractivity contribution >= 4 is 5.91 Å². The third kappa shape index (κ3) is 2.82. The second kappa shape index (κ2) is 5.77. The minimum atomic E-state index is -0.0891. The predicted octanol–water partition coefficient (Wildman–Crippen LogP) is 1.73. The lowest BCUT2D eigenvalue weighted by Gasteiger charge is -2.35. The number of rotatable bonds is 4. The Labute approximate surface area is 124 Å². The van der Waals surface area contributed by atoms with Crippen LogP contribution in [0.2, 0.25) is 0 Å². The molecule has 0 aromatic carbocycles. The molecule has 21 heavy (non-hydrogen) atoms. The predicted molar refractivity (Wildman–Crippen MR) is 77.2 cm³/mol. The highest BCUT2D eigenvalue weighted by molar-refractivity contribution is 5.94. The van der Waals surface area contributed by atoms with E-state index >= 15 is 0 Å². The van der Waals surface area contributed by atoms with Crippen LogP contribution < -0.4 is 5.32 Å². The molecule has 2 aliphatic rings. The molecule has 0 radical (unpaired) electrons. The first-order chi connectivity index (χ1) is 10.1. The number of ether oxygens (including phenoxy) is 2. The number of hydrogen-bond acceptors (Lipinski definition) is 4. The van der Waals surface area contributed by atoms with E-state index in [1.165, 1.54) is 0 Å². The molecule has 0 unspecified atom stereocenters. The second-order valence-electron chi connectivity index (χ2n) is 5.98. The smallest absolute Gasteiger partial charge is 0.272 e.